The zero-order chi connectivity index (χ0) is 15.4. The van der Waals surface area contributed by atoms with Gasteiger partial charge in [0, 0.05) is 6.54 Å². The van der Waals surface area contributed by atoms with Crippen LogP contribution in [0.3, 0.4) is 0 Å². The number of anilines is 1. The first-order chi connectivity index (χ1) is 10.0. The van der Waals surface area contributed by atoms with Gasteiger partial charge < -0.3 is 10.4 Å². The van der Waals surface area contributed by atoms with E-state index in [4.69, 9.17) is 10.4 Å². The summed E-state index contributed by atoms with van der Waals surface area (Å²) in [6, 6.07) is 9.59. The van der Waals surface area contributed by atoms with Crippen LogP contribution in [0.15, 0.2) is 36.4 Å². The van der Waals surface area contributed by atoms with Crippen molar-refractivity contribution < 1.29 is 18.7 Å². The van der Waals surface area contributed by atoms with Gasteiger partial charge in [-0.25, -0.2) is 13.6 Å². The summed E-state index contributed by atoms with van der Waals surface area (Å²) in [5.74, 6) is -2.83. The van der Waals surface area contributed by atoms with Gasteiger partial charge >= 0.3 is 5.97 Å². The smallest absolute Gasteiger partial charge is 0.338 e. The molecule has 0 saturated heterocycles. The first-order valence-electron chi connectivity index (χ1n) is 5.97. The minimum atomic E-state index is -1.34. The van der Waals surface area contributed by atoms with Crippen molar-refractivity contribution in [2.45, 2.75) is 6.54 Å². The summed E-state index contributed by atoms with van der Waals surface area (Å²) in [6.45, 7) is 0.134. The van der Waals surface area contributed by atoms with E-state index in [0.29, 0.717) is 11.3 Å². The number of halogens is 2. The highest BCUT2D eigenvalue weighted by molar-refractivity contribution is 5.87. The lowest BCUT2D eigenvalue weighted by atomic mass is 10.1. The summed E-state index contributed by atoms with van der Waals surface area (Å²) in [4.78, 5) is 10.7. The SMILES string of the molecule is N#Cc1c(F)cccc1NCc1ccc(C(=O)O)c(F)c1. The Kier molecular flexibility index (Phi) is 4.14. The highest BCUT2D eigenvalue weighted by atomic mass is 19.1. The van der Waals surface area contributed by atoms with Crippen LogP contribution in [-0.2, 0) is 6.54 Å². The molecule has 21 heavy (non-hydrogen) atoms. The molecule has 2 aromatic carbocycles. The molecular weight excluding hydrogens is 278 g/mol. The molecule has 0 heterocycles. The molecule has 106 valence electrons. The number of carbonyl (C=O) groups is 1. The lowest BCUT2D eigenvalue weighted by Gasteiger charge is -2.09. The number of nitrogens with one attached hydrogen (secondary N) is 1. The Balaban J connectivity index is 2.18. The summed E-state index contributed by atoms with van der Waals surface area (Å²) in [5, 5.41) is 20.4. The van der Waals surface area contributed by atoms with Crippen molar-refractivity contribution in [1.29, 1.82) is 5.26 Å². The normalized spacial score (nSPS) is 9.95. The third-order valence-electron chi connectivity index (χ3n) is 2.87. The minimum Gasteiger partial charge on any atom is -0.478 e. The molecule has 0 amide bonds. The number of hydrogen-bond donors (Lipinski definition) is 2. The van der Waals surface area contributed by atoms with E-state index in [1.165, 1.54) is 24.3 Å². The fraction of sp³-hybridized carbons (Fsp3) is 0.0667. The maximum atomic E-state index is 13.5. The number of carboxylic acids is 1. The highest BCUT2D eigenvalue weighted by Gasteiger charge is 2.11. The lowest BCUT2D eigenvalue weighted by molar-refractivity contribution is 0.0692. The van der Waals surface area contributed by atoms with Gasteiger partial charge in [0.05, 0.1) is 11.3 Å². The van der Waals surface area contributed by atoms with Crippen LogP contribution >= 0.6 is 0 Å². The van der Waals surface area contributed by atoms with Gasteiger partial charge in [-0.15, -0.1) is 0 Å². The highest BCUT2D eigenvalue weighted by Crippen LogP contribution is 2.19. The molecular formula is C15H10F2N2O2. The van der Waals surface area contributed by atoms with E-state index < -0.39 is 23.2 Å². The average Bonchev–Trinajstić information content (AvgIpc) is 2.44. The van der Waals surface area contributed by atoms with E-state index in [-0.39, 0.29) is 12.1 Å². The predicted octanol–water partition coefficient (Wildman–Crippen LogP) is 3.15. The van der Waals surface area contributed by atoms with Crippen molar-refractivity contribution in [3.8, 4) is 6.07 Å². The molecule has 0 atom stereocenters. The van der Waals surface area contributed by atoms with Crippen LogP contribution in [0, 0.1) is 23.0 Å². The van der Waals surface area contributed by atoms with Crippen molar-refractivity contribution >= 4 is 11.7 Å². The second-order valence-electron chi connectivity index (χ2n) is 4.25. The number of nitrogens with zero attached hydrogens (tertiary/aromatic N) is 1. The summed E-state index contributed by atoms with van der Waals surface area (Å²) >= 11 is 0. The minimum absolute atomic E-state index is 0.125. The van der Waals surface area contributed by atoms with E-state index in [0.717, 1.165) is 12.1 Å². The van der Waals surface area contributed by atoms with Crippen LogP contribution in [0.4, 0.5) is 14.5 Å². The monoisotopic (exact) mass is 288 g/mol. The third kappa shape index (κ3) is 3.15. The third-order valence-corrected chi connectivity index (χ3v) is 2.87. The second kappa shape index (κ2) is 6.01. The molecule has 2 rings (SSSR count). The predicted molar refractivity (Wildman–Crippen MR) is 71.8 cm³/mol. The van der Waals surface area contributed by atoms with Crippen LogP contribution in [-0.4, -0.2) is 11.1 Å². The van der Waals surface area contributed by atoms with Gasteiger partial charge in [-0.05, 0) is 29.8 Å². The molecule has 0 fully saturated rings. The van der Waals surface area contributed by atoms with Gasteiger partial charge in [-0.1, -0.05) is 12.1 Å². The number of carboxylic acid groups (broad SMARTS) is 1. The number of hydrogen-bond acceptors (Lipinski definition) is 3. The Bertz CT molecular complexity index is 739. The van der Waals surface area contributed by atoms with E-state index in [9.17, 15) is 13.6 Å². The Morgan fingerprint density at radius 1 is 1.24 bits per heavy atom. The van der Waals surface area contributed by atoms with Crippen LogP contribution in [0.1, 0.15) is 21.5 Å². The maximum absolute atomic E-state index is 13.5. The zero-order valence-corrected chi connectivity index (χ0v) is 10.7. The Morgan fingerprint density at radius 3 is 2.62 bits per heavy atom. The van der Waals surface area contributed by atoms with E-state index in [1.54, 1.807) is 6.07 Å². The van der Waals surface area contributed by atoms with Crippen LogP contribution < -0.4 is 5.32 Å². The van der Waals surface area contributed by atoms with Gasteiger partial charge in [0.2, 0.25) is 0 Å². The molecule has 2 aromatic rings. The lowest BCUT2D eigenvalue weighted by Crippen LogP contribution is -2.05. The van der Waals surface area contributed by atoms with Crippen LogP contribution in [0.25, 0.3) is 0 Å². The molecule has 0 unspecified atom stereocenters. The molecule has 2 N–H and O–H groups in total. The summed E-state index contributed by atoms with van der Waals surface area (Å²) in [5.41, 5.74) is 0.230. The largest absolute Gasteiger partial charge is 0.478 e. The fourth-order valence-corrected chi connectivity index (χ4v) is 1.82. The molecule has 0 aliphatic carbocycles. The molecule has 0 radical (unpaired) electrons. The Morgan fingerprint density at radius 2 is 2.00 bits per heavy atom. The zero-order valence-electron chi connectivity index (χ0n) is 10.7. The quantitative estimate of drug-likeness (QED) is 0.906. The standard InChI is InChI=1S/C15H10F2N2O2/c16-12-2-1-3-14(11(12)7-18)19-8-9-4-5-10(15(20)21)13(17)6-9/h1-6,19H,8H2,(H,20,21). The van der Waals surface area contributed by atoms with E-state index in [2.05, 4.69) is 5.32 Å². The molecule has 4 nitrogen and oxygen atoms in total. The fourth-order valence-electron chi connectivity index (χ4n) is 1.82. The molecule has 6 heteroatoms. The van der Waals surface area contributed by atoms with Gasteiger partial charge in [0.15, 0.2) is 0 Å². The second-order valence-corrected chi connectivity index (χ2v) is 4.25. The van der Waals surface area contributed by atoms with Gasteiger partial charge in [-0.3, -0.25) is 0 Å². The topological polar surface area (TPSA) is 73.1 Å². The maximum Gasteiger partial charge on any atom is 0.338 e. The first kappa shape index (κ1) is 14.5. The Hall–Kier alpha value is -2.94. The molecule has 0 aromatic heterocycles. The van der Waals surface area contributed by atoms with Crippen molar-refractivity contribution in [3.05, 3.63) is 64.7 Å². The number of rotatable bonds is 4. The number of nitriles is 1. The van der Waals surface area contributed by atoms with Crippen molar-refractivity contribution in [2.24, 2.45) is 0 Å². The average molecular weight is 288 g/mol. The summed E-state index contributed by atoms with van der Waals surface area (Å²) in [7, 11) is 0. The molecule has 0 aliphatic heterocycles. The number of aromatic carboxylic acids is 1. The Labute approximate surface area is 119 Å². The molecule has 0 saturated carbocycles. The molecule has 0 spiro atoms. The molecule has 0 aliphatic rings. The van der Waals surface area contributed by atoms with Gasteiger partial charge in [0.1, 0.15) is 23.3 Å². The van der Waals surface area contributed by atoms with Crippen molar-refractivity contribution in [1.82, 2.24) is 0 Å². The van der Waals surface area contributed by atoms with Crippen LogP contribution in [0.5, 0.6) is 0 Å². The number of benzene rings is 2. The first-order valence-corrected chi connectivity index (χ1v) is 5.97. The summed E-state index contributed by atoms with van der Waals surface area (Å²) < 4.78 is 26.9. The van der Waals surface area contributed by atoms with Gasteiger partial charge in [0.25, 0.3) is 0 Å². The molecule has 0 bridgehead atoms. The van der Waals surface area contributed by atoms with Crippen molar-refractivity contribution in [3.63, 3.8) is 0 Å². The van der Waals surface area contributed by atoms with E-state index >= 15 is 0 Å². The van der Waals surface area contributed by atoms with E-state index in [1.807, 2.05) is 0 Å². The van der Waals surface area contributed by atoms with Gasteiger partial charge in [-0.2, -0.15) is 5.26 Å². The van der Waals surface area contributed by atoms with Crippen molar-refractivity contribution in [2.75, 3.05) is 5.32 Å². The van der Waals surface area contributed by atoms with Crippen LogP contribution in [0.2, 0.25) is 0 Å². The summed E-state index contributed by atoms with van der Waals surface area (Å²) in [6.07, 6.45) is 0.